The van der Waals surface area contributed by atoms with Crippen molar-refractivity contribution in [3.05, 3.63) is 48.0 Å². The first-order valence-corrected chi connectivity index (χ1v) is 6.85. The summed E-state index contributed by atoms with van der Waals surface area (Å²) in [6.45, 7) is 0. The third-order valence-electron chi connectivity index (χ3n) is 2.59. The van der Waals surface area contributed by atoms with Gasteiger partial charge < -0.3 is 16.2 Å². The van der Waals surface area contributed by atoms with Crippen molar-refractivity contribution in [2.75, 3.05) is 12.0 Å². The number of thioether (sulfide) groups is 1. The third kappa shape index (κ3) is 2.82. The minimum absolute atomic E-state index is 0.274. The Kier molecular flexibility index (Phi) is 3.97. The van der Waals surface area contributed by atoms with Crippen LogP contribution in [0.25, 0.3) is 0 Å². The fourth-order valence-corrected chi connectivity index (χ4v) is 2.20. The molecule has 0 spiro atoms. The topological polar surface area (TPSA) is 78.3 Å². The Hall–Kier alpha value is -2.14. The molecule has 2 rings (SSSR count). The second kappa shape index (κ2) is 5.67. The maximum Gasteiger partial charge on any atom is 0.252 e. The summed E-state index contributed by atoms with van der Waals surface area (Å²) in [5.74, 6) is 0.385. The van der Waals surface area contributed by atoms with Crippen LogP contribution in [0.2, 0.25) is 0 Å². The summed E-state index contributed by atoms with van der Waals surface area (Å²) in [5.41, 5.74) is 11.8. The van der Waals surface area contributed by atoms with Crippen LogP contribution < -0.4 is 16.2 Å². The predicted octanol–water partition coefficient (Wildman–Crippen LogP) is 2.88. The third-order valence-corrected chi connectivity index (χ3v) is 3.37. The molecule has 0 aliphatic rings. The minimum atomic E-state index is -0.566. The number of para-hydroxylation sites is 2. The normalized spacial score (nSPS) is 10.2. The zero-order chi connectivity index (χ0) is 13.8. The number of carbonyl (C=O) groups is 1. The molecule has 0 heterocycles. The molecule has 0 atom stereocenters. The predicted molar refractivity (Wildman–Crippen MR) is 77.7 cm³/mol. The van der Waals surface area contributed by atoms with Gasteiger partial charge >= 0.3 is 0 Å². The van der Waals surface area contributed by atoms with Gasteiger partial charge in [0.25, 0.3) is 5.91 Å². The molecular formula is C14H14N2O2S. The van der Waals surface area contributed by atoms with Gasteiger partial charge in [0, 0.05) is 4.90 Å². The average molecular weight is 274 g/mol. The van der Waals surface area contributed by atoms with Crippen LogP contribution in [-0.2, 0) is 0 Å². The molecule has 5 heteroatoms. The van der Waals surface area contributed by atoms with Crippen LogP contribution in [0.1, 0.15) is 10.4 Å². The Morgan fingerprint density at radius 1 is 1.16 bits per heavy atom. The molecule has 4 N–H and O–H groups in total. The molecule has 0 saturated carbocycles. The van der Waals surface area contributed by atoms with Gasteiger partial charge in [0.1, 0.15) is 5.75 Å². The zero-order valence-electron chi connectivity index (χ0n) is 10.4. The van der Waals surface area contributed by atoms with E-state index in [0.717, 1.165) is 4.90 Å². The molecule has 0 aliphatic heterocycles. The van der Waals surface area contributed by atoms with Gasteiger partial charge in [-0.15, -0.1) is 11.8 Å². The Balaban J connectivity index is 2.46. The highest BCUT2D eigenvalue weighted by Crippen LogP contribution is 2.35. The monoisotopic (exact) mass is 274 g/mol. The molecule has 98 valence electrons. The molecule has 0 radical (unpaired) electrons. The van der Waals surface area contributed by atoms with Crippen LogP contribution in [0, 0.1) is 0 Å². The fraction of sp³-hybridized carbons (Fsp3) is 0.0714. The SMILES string of the molecule is CSc1ccccc1Oc1c(N)cccc1C(N)=O. The number of primary amides is 1. The largest absolute Gasteiger partial charge is 0.453 e. The molecule has 0 fully saturated rings. The lowest BCUT2D eigenvalue weighted by molar-refractivity contribution is 0.0998. The number of hydrogen-bond acceptors (Lipinski definition) is 4. The second-order valence-electron chi connectivity index (χ2n) is 3.84. The number of hydrogen-bond donors (Lipinski definition) is 2. The van der Waals surface area contributed by atoms with E-state index in [9.17, 15) is 4.79 Å². The van der Waals surface area contributed by atoms with Crippen molar-refractivity contribution in [3.8, 4) is 11.5 Å². The number of nitrogens with two attached hydrogens (primary N) is 2. The number of carbonyl (C=O) groups excluding carboxylic acids is 1. The van der Waals surface area contributed by atoms with Gasteiger partial charge in [0.05, 0.1) is 11.3 Å². The van der Waals surface area contributed by atoms with E-state index in [0.29, 0.717) is 17.2 Å². The molecule has 0 bridgehead atoms. The lowest BCUT2D eigenvalue weighted by Crippen LogP contribution is -2.13. The van der Waals surface area contributed by atoms with Crippen molar-refractivity contribution in [1.29, 1.82) is 0 Å². The Bertz CT molecular complexity index is 614. The van der Waals surface area contributed by atoms with E-state index < -0.39 is 5.91 Å². The van der Waals surface area contributed by atoms with Gasteiger partial charge in [0.2, 0.25) is 0 Å². The number of nitrogen functional groups attached to an aromatic ring is 1. The smallest absolute Gasteiger partial charge is 0.252 e. The highest BCUT2D eigenvalue weighted by molar-refractivity contribution is 7.98. The van der Waals surface area contributed by atoms with E-state index in [1.165, 1.54) is 0 Å². The summed E-state index contributed by atoms with van der Waals surface area (Å²) in [7, 11) is 0. The van der Waals surface area contributed by atoms with Crippen molar-refractivity contribution in [2.45, 2.75) is 4.90 Å². The summed E-state index contributed by atoms with van der Waals surface area (Å²) in [6.07, 6.45) is 1.95. The standard InChI is InChI=1S/C14H14N2O2S/c1-19-12-8-3-2-7-11(12)18-13-9(14(16)17)5-4-6-10(13)15/h2-8H,15H2,1H3,(H2,16,17). The summed E-state index contributed by atoms with van der Waals surface area (Å²) < 4.78 is 5.78. The van der Waals surface area contributed by atoms with E-state index in [1.807, 2.05) is 30.5 Å². The molecule has 0 aromatic heterocycles. The summed E-state index contributed by atoms with van der Waals surface area (Å²) in [6, 6.07) is 12.5. The van der Waals surface area contributed by atoms with Gasteiger partial charge in [-0.05, 0) is 30.5 Å². The van der Waals surface area contributed by atoms with Gasteiger partial charge in [-0.25, -0.2) is 0 Å². The van der Waals surface area contributed by atoms with Crippen LogP contribution in [-0.4, -0.2) is 12.2 Å². The lowest BCUT2D eigenvalue weighted by atomic mass is 10.1. The van der Waals surface area contributed by atoms with Gasteiger partial charge in [-0.3, -0.25) is 4.79 Å². The summed E-state index contributed by atoms with van der Waals surface area (Å²) in [5, 5.41) is 0. The second-order valence-corrected chi connectivity index (χ2v) is 4.69. The molecular weight excluding hydrogens is 260 g/mol. The van der Waals surface area contributed by atoms with Crippen LogP contribution in [0.5, 0.6) is 11.5 Å². The number of benzene rings is 2. The van der Waals surface area contributed by atoms with Crippen molar-refractivity contribution in [2.24, 2.45) is 5.73 Å². The van der Waals surface area contributed by atoms with Crippen molar-refractivity contribution in [1.82, 2.24) is 0 Å². The fourth-order valence-electron chi connectivity index (χ4n) is 1.68. The van der Waals surface area contributed by atoms with E-state index >= 15 is 0 Å². The van der Waals surface area contributed by atoms with E-state index in [2.05, 4.69) is 0 Å². The first-order chi connectivity index (χ1) is 9.13. The van der Waals surface area contributed by atoms with Crippen molar-refractivity contribution in [3.63, 3.8) is 0 Å². The number of amides is 1. The Morgan fingerprint density at radius 3 is 2.58 bits per heavy atom. The van der Waals surface area contributed by atoms with Crippen LogP contribution in [0.3, 0.4) is 0 Å². The van der Waals surface area contributed by atoms with E-state index in [1.54, 1.807) is 30.0 Å². The average Bonchev–Trinajstić information content (AvgIpc) is 2.41. The van der Waals surface area contributed by atoms with Crippen LogP contribution in [0.4, 0.5) is 5.69 Å². The molecule has 2 aromatic carbocycles. The maximum absolute atomic E-state index is 11.4. The van der Waals surface area contributed by atoms with Gasteiger partial charge in [-0.2, -0.15) is 0 Å². The first kappa shape index (κ1) is 13.3. The quantitative estimate of drug-likeness (QED) is 0.663. The van der Waals surface area contributed by atoms with Crippen LogP contribution in [0.15, 0.2) is 47.4 Å². The maximum atomic E-state index is 11.4. The zero-order valence-corrected chi connectivity index (χ0v) is 11.2. The van der Waals surface area contributed by atoms with Gasteiger partial charge in [-0.1, -0.05) is 18.2 Å². The van der Waals surface area contributed by atoms with Gasteiger partial charge in [0.15, 0.2) is 5.75 Å². The number of ether oxygens (including phenoxy) is 1. The van der Waals surface area contributed by atoms with Crippen LogP contribution >= 0.6 is 11.8 Å². The molecule has 0 aliphatic carbocycles. The highest BCUT2D eigenvalue weighted by Gasteiger charge is 2.14. The Morgan fingerprint density at radius 2 is 1.89 bits per heavy atom. The van der Waals surface area contributed by atoms with Crippen molar-refractivity contribution < 1.29 is 9.53 Å². The molecule has 19 heavy (non-hydrogen) atoms. The van der Waals surface area contributed by atoms with Crippen molar-refractivity contribution >= 4 is 23.4 Å². The molecule has 1 amide bonds. The molecule has 0 saturated heterocycles. The highest BCUT2D eigenvalue weighted by atomic mass is 32.2. The molecule has 4 nitrogen and oxygen atoms in total. The van der Waals surface area contributed by atoms with E-state index in [-0.39, 0.29) is 5.56 Å². The van der Waals surface area contributed by atoms with E-state index in [4.69, 9.17) is 16.2 Å². The summed E-state index contributed by atoms with van der Waals surface area (Å²) >= 11 is 1.55. The number of rotatable bonds is 4. The molecule has 0 unspecified atom stereocenters. The lowest BCUT2D eigenvalue weighted by Gasteiger charge is -2.13. The summed E-state index contributed by atoms with van der Waals surface area (Å²) in [4.78, 5) is 12.4. The minimum Gasteiger partial charge on any atom is -0.453 e. The first-order valence-electron chi connectivity index (χ1n) is 5.62. The number of anilines is 1. The molecule has 2 aromatic rings. The Labute approximate surface area is 115 Å².